The molecule has 0 saturated carbocycles. The van der Waals surface area contributed by atoms with E-state index in [-0.39, 0.29) is 12.1 Å². The molecule has 0 bridgehead atoms. The molecule has 28 heavy (non-hydrogen) atoms. The van der Waals surface area contributed by atoms with Crippen molar-refractivity contribution in [2.75, 3.05) is 6.54 Å². The predicted octanol–water partition coefficient (Wildman–Crippen LogP) is 5.50. The summed E-state index contributed by atoms with van der Waals surface area (Å²) in [5, 5.41) is 6.56. The standard InChI is InChI=1S/C22H25N3OS2/c1-2-11-23-22(26)25-14-16-15-7-3-4-9-18(15)28-21(16)24-12-5-8-17(24)20(25)19-10-6-13-27-19/h5-6,8,10,12-13,20H,2-4,7,9,11,14H2,1H3,(H,23,26). The lowest BCUT2D eigenvalue weighted by molar-refractivity contribution is 0.181. The monoisotopic (exact) mass is 411 g/mol. The molecule has 0 aromatic carbocycles. The molecular weight excluding hydrogens is 386 g/mol. The molecule has 4 heterocycles. The minimum Gasteiger partial charge on any atom is -0.338 e. The number of amides is 2. The highest BCUT2D eigenvalue weighted by Crippen LogP contribution is 2.44. The van der Waals surface area contributed by atoms with E-state index in [1.54, 1.807) is 11.3 Å². The van der Waals surface area contributed by atoms with E-state index in [2.05, 4.69) is 57.5 Å². The number of hydrogen-bond acceptors (Lipinski definition) is 3. The van der Waals surface area contributed by atoms with Gasteiger partial charge in [-0.3, -0.25) is 0 Å². The Labute approximate surface area is 173 Å². The Morgan fingerprint density at radius 3 is 2.93 bits per heavy atom. The van der Waals surface area contributed by atoms with E-state index in [4.69, 9.17) is 0 Å². The minimum absolute atomic E-state index is 0.0385. The highest BCUT2D eigenvalue weighted by molar-refractivity contribution is 7.15. The molecule has 4 nitrogen and oxygen atoms in total. The van der Waals surface area contributed by atoms with Crippen molar-refractivity contribution in [3.63, 3.8) is 0 Å². The van der Waals surface area contributed by atoms with Crippen LogP contribution in [-0.4, -0.2) is 22.0 Å². The van der Waals surface area contributed by atoms with Gasteiger partial charge in [-0.05, 0) is 61.2 Å². The third kappa shape index (κ3) is 2.90. The van der Waals surface area contributed by atoms with Gasteiger partial charge in [-0.15, -0.1) is 22.7 Å². The molecule has 0 spiro atoms. The van der Waals surface area contributed by atoms with Gasteiger partial charge < -0.3 is 14.8 Å². The molecule has 1 unspecified atom stereocenters. The Morgan fingerprint density at radius 1 is 1.21 bits per heavy atom. The Bertz CT molecular complexity index is 986. The fraction of sp³-hybridized carbons (Fsp3) is 0.409. The first kappa shape index (κ1) is 18.0. The zero-order valence-electron chi connectivity index (χ0n) is 16.1. The Balaban J connectivity index is 1.67. The van der Waals surface area contributed by atoms with Crippen molar-refractivity contribution in [1.82, 2.24) is 14.8 Å². The van der Waals surface area contributed by atoms with Crippen molar-refractivity contribution in [3.05, 3.63) is 62.4 Å². The smallest absolute Gasteiger partial charge is 0.318 e. The van der Waals surface area contributed by atoms with Gasteiger partial charge in [-0.25, -0.2) is 4.79 Å². The summed E-state index contributed by atoms with van der Waals surface area (Å²) in [5.41, 5.74) is 4.06. The molecule has 0 fully saturated rings. The van der Waals surface area contributed by atoms with E-state index in [0.29, 0.717) is 13.1 Å². The number of hydrogen-bond donors (Lipinski definition) is 1. The summed E-state index contributed by atoms with van der Waals surface area (Å²) in [6, 6.07) is 8.52. The number of carbonyl (C=O) groups excluding carboxylic acids is 1. The SMILES string of the molecule is CCCNC(=O)N1Cc2c(sc3c2CCCC3)-n2cccc2C1c1cccs1. The van der Waals surface area contributed by atoms with Gasteiger partial charge in [0.15, 0.2) is 0 Å². The molecule has 3 aromatic rings. The number of aromatic nitrogens is 1. The second kappa shape index (κ2) is 7.41. The molecule has 5 rings (SSSR count). The number of aryl methyl sites for hydroxylation is 1. The fourth-order valence-corrected chi connectivity index (χ4v) is 6.72. The average molecular weight is 412 g/mol. The van der Waals surface area contributed by atoms with Crippen molar-refractivity contribution in [2.24, 2.45) is 0 Å². The number of carbonyl (C=O) groups is 1. The van der Waals surface area contributed by atoms with Crippen LogP contribution in [0, 0.1) is 0 Å². The third-order valence-electron chi connectivity index (χ3n) is 5.78. The summed E-state index contributed by atoms with van der Waals surface area (Å²) in [6.45, 7) is 3.49. The van der Waals surface area contributed by atoms with Gasteiger partial charge in [0.25, 0.3) is 0 Å². The summed E-state index contributed by atoms with van der Waals surface area (Å²) < 4.78 is 2.34. The summed E-state index contributed by atoms with van der Waals surface area (Å²) >= 11 is 3.67. The van der Waals surface area contributed by atoms with Gasteiger partial charge in [0.05, 0.1) is 12.2 Å². The molecule has 6 heteroatoms. The first-order valence-corrected chi connectivity index (χ1v) is 11.9. The average Bonchev–Trinajstić information content (AvgIpc) is 3.45. The number of nitrogens with zero attached hydrogens (tertiary/aromatic N) is 2. The van der Waals surface area contributed by atoms with Crippen molar-refractivity contribution in [2.45, 2.75) is 51.6 Å². The van der Waals surface area contributed by atoms with E-state index in [1.165, 1.54) is 50.8 Å². The molecule has 1 aliphatic carbocycles. The quantitative estimate of drug-likeness (QED) is 0.607. The number of fused-ring (bicyclic) bond motifs is 5. The maximum Gasteiger partial charge on any atom is 0.318 e. The Morgan fingerprint density at radius 2 is 2.11 bits per heavy atom. The van der Waals surface area contributed by atoms with Gasteiger partial charge in [-0.2, -0.15) is 0 Å². The van der Waals surface area contributed by atoms with Crippen LogP contribution in [0.25, 0.3) is 5.00 Å². The largest absolute Gasteiger partial charge is 0.338 e. The molecule has 1 aliphatic heterocycles. The maximum atomic E-state index is 13.3. The second-order valence-electron chi connectivity index (χ2n) is 7.58. The fourth-order valence-electron chi connectivity index (χ4n) is 4.47. The van der Waals surface area contributed by atoms with E-state index < -0.39 is 0 Å². The number of thiophene rings is 2. The number of urea groups is 1. The van der Waals surface area contributed by atoms with Crippen LogP contribution in [0.2, 0.25) is 0 Å². The summed E-state index contributed by atoms with van der Waals surface area (Å²) in [5.74, 6) is 0. The van der Waals surface area contributed by atoms with Crippen LogP contribution in [-0.2, 0) is 19.4 Å². The Hall–Kier alpha value is -2.05. The molecule has 1 atom stereocenters. The molecule has 2 amide bonds. The van der Waals surface area contributed by atoms with Crippen LogP contribution in [0.15, 0.2) is 35.8 Å². The predicted molar refractivity (Wildman–Crippen MR) is 116 cm³/mol. The topological polar surface area (TPSA) is 37.3 Å². The molecule has 0 saturated heterocycles. The highest BCUT2D eigenvalue weighted by atomic mass is 32.1. The van der Waals surface area contributed by atoms with E-state index >= 15 is 0 Å². The number of nitrogens with one attached hydrogen (secondary N) is 1. The summed E-state index contributed by atoms with van der Waals surface area (Å²) in [7, 11) is 0. The lowest BCUT2D eigenvalue weighted by Crippen LogP contribution is -2.42. The summed E-state index contributed by atoms with van der Waals surface area (Å²) in [6.07, 6.45) is 7.98. The lowest BCUT2D eigenvalue weighted by Gasteiger charge is -2.30. The van der Waals surface area contributed by atoms with Crippen molar-refractivity contribution in [1.29, 1.82) is 0 Å². The van der Waals surface area contributed by atoms with Crippen LogP contribution in [0.5, 0.6) is 0 Å². The molecule has 0 radical (unpaired) electrons. The number of rotatable bonds is 3. The van der Waals surface area contributed by atoms with Crippen LogP contribution in [0.3, 0.4) is 0 Å². The Kier molecular flexibility index (Phi) is 4.77. The van der Waals surface area contributed by atoms with Crippen molar-refractivity contribution < 1.29 is 4.79 Å². The van der Waals surface area contributed by atoms with Crippen LogP contribution in [0.1, 0.15) is 58.8 Å². The van der Waals surface area contributed by atoms with Gasteiger partial charge in [0.2, 0.25) is 0 Å². The van der Waals surface area contributed by atoms with Crippen molar-refractivity contribution in [3.8, 4) is 5.00 Å². The first-order chi connectivity index (χ1) is 13.8. The minimum atomic E-state index is -0.0503. The van der Waals surface area contributed by atoms with Crippen LogP contribution >= 0.6 is 22.7 Å². The van der Waals surface area contributed by atoms with Gasteiger partial charge in [-0.1, -0.05) is 13.0 Å². The lowest BCUT2D eigenvalue weighted by atomic mass is 9.95. The van der Waals surface area contributed by atoms with Crippen LogP contribution < -0.4 is 5.32 Å². The summed E-state index contributed by atoms with van der Waals surface area (Å²) in [4.78, 5) is 18.1. The van der Waals surface area contributed by atoms with E-state index in [1.807, 2.05) is 11.3 Å². The third-order valence-corrected chi connectivity index (χ3v) is 8.04. The van der Waals surface area contributed by atoms with Gasteiger partial charge >= 0.3 is 6.03 Å². The van der Waals surface area contributed by atoms with Crippen molar-refractivity contribution >= 4 is 28.7 Å². The van der Waals surface area contributed by atoms with Crippen LogP contribution in [0.4, 0.5) is 4.79 Å². The molecule has 3 aromatic heterocycles. The molecular formula is C22H25N3OS2. The zero-order valence-corrected chi connectivity index (χ0v) is 17.7. The molecule has 1 N–H and O–H groups in total. The van der Waals surface area contributed by atoms with E-state index in [9.17, 15) is 4.79 Å². The molecule has 146 valence electrons. The molecule has 2 aliphatic rings. The normalized spacial score (nSPS) is 18.2. The van der Waals surface area contributed by atoms with Gasteiger partial charge in [0, 0.05) is 28.1 Å². The van der Waals surface area contributed by atoms with E-state index in [0.717, 1.165) is 12.8 Å². The first-order valence-electron chi connectivity index (χ1n) is 10.2. The second-order valence-corrected chi connectivity index (χ2v) is 9.64. The zero-order chi connectivity index (χ0) is 19.1. The highest BCUT2D eigenvalue weighted by Gasteiger charge is 2.36. The maximum absolute atomic E-state index is 13.3. The van der Waals surface area contributed by atoms with Gasteiger partial charge in [0.1, 0.15) is 11.0 Å².